The molecule has 0 aromatic heterocycles. The number of primary sulfonamides is 1. The van der Waals surface area contributed by atoms with Crippen LogP contribution in [0.4, 0.5) is 0 Å². The van der Waals surface area contributed by atoms with E-state index in [0.717, 1.165) is 5.56 Å². The Bertz CT molecular complexity index is 488. The highest BCUT2D eigenvalue weighted by Gasteiger charge is 2.04. The largest absolute Gasteiger partial charge is 0.507 e. The molecule has 102 valence electrons. The molecule has 0 aliphatic carbocycles. The zero-order valence-corrected chi connectivity index (χ0v) is 11.0. The van der Waals surface area contributed by atoms with Crippen molar-refractivity contribution in [1.82, 2.24) is 5.32 Å². The first-order chi connectivity index (χ1) is 8.42. The van der Waals surface area contributed by atoms with Crippen molar-refractivity contribution in [3.05, 3.63) is 23.8 Å². The Balaban J connectivity index is 2.36. The Kier molecular flexibility index (Phi) is 5.39. The van der Waals surface area contributed by atoms with E-state index in [1.807, 2.05) is 0 Å². The molecule has 0 fully saturated rings. The second kappa shape index (κ2) is 6.58. The average molecular weight is 274 g/mol. The molecule has 0 amide bonds. The first-order valence-corrected chi connectivity index (χ1v) is 7.21. The van der Waals surface area contributed by atoms with Crippen LogP contribution in [0.5, 0.6) is 11.5 Å². The van der Waals surface area contributed by atoms with Crippen LogP contribution in [0.3, 0.4) is 0 Å². The van der Waals surface area contributed by atoms with Crippen LogP contribution in [-0.4, -0.2) is 32.9 Å². The molecule has 1 aromatic rings. The lowest BCUT2D eigenvalue weighted by Crippen LogP contribution is -2.22. The van der Waals surface area contributed by atoms with Gasteiger partial charge in [0.2, 0.25) is 10.0 Å². The minimum absolute atomic E-state index is 0.0470. The molecule has 0 saturated heterocycles. The van der Waals surface area contributed by atoms with Gasteiger partial charge >= 0.3 is 0 Å². The van der Waals surface area contributed by atoms with Crippen LogP contribution in [0, 0.1) is 0 Å². The summed E-state index contributed by atoms with van der Waals surface area (Å²) in [6.45, 7) is 0.975. The third-order valence-electron chi connectivity index (χ3n) is 2.39. The molecular formula is C11H18N2O4S. The van der Waals surface area contributed by atoms with E-state index in [0.29, 0.717) is 25.3 Å². The number of benzene rings is 1. The van der Waals surface area contributed by atoms with Crippen molar-refractivity contribution in [2.75, 3.05) is 19.4 Å². The second-order valence-electron chi connectivity index (χ2n) is 3.89. The van der Waals surface area contributed by atoms with E-state index >= 15 is 0 Å². The lowest BCUT2D eigenvalue weighted by molar-refractivity contribution is 0.406. The summed E-state index contributed by atoms with van der Waals surface area (Å²) in [5.74, 6) is 0.688. The molecule has 0 unspecified atom stereocenters. The topological polar surface area (TPSA) is 102 Å². The number of ether oxygens (including phenoxy) is 1. The molecule has 0 aliphatic heterocycles. The van der Waals surface area contributed by atoms with Gasteiger partial charge in [-0.1, -0.05) is 6.07 Å². The molecule has 0 bridgehead atoms. The third kappa shape index (κ3) is 5.35. The van der Waals surface area contributed by atoms with Crippen LogP contribution in [0.25, 0.3) is 0 Å². The van der Waals surface area contributed by atoms with Gasteiger partial charge in [0.05, 0.1) is 12.9 Å². The molecule has 1 aromatic carbocycles. The van der Waals surface area contributed by atoms with Crippen LogP contribution >= 0.6 is 0 Å². The predicted molar refractivity (Wildman–Crippen MR) is 69.0 cm³/mol. The Labute approximate surface area is 107 Å². The maximum atomic E-state index is 10.7. The number of phenols is 1. The van der Waals surface area contributed by atoms with Crippen molar-refractivity contribution >= 4 is 10.0 Å². The van der Waals surface area contributed by atoms with Crippen LogP contribution in [0.15, 0.2) is 18.2 Å². The van der Waals surface area contributed by atoms with Crippen LogP contribution in [0.2, 0.25) is 0 Å². The Morgan fingerprint density at radius 1 is 1.44 bits per heavy atom. The maximum Gasteiger partial charge on any atom is 0.209 e. The number of sulfonamides is 1. The highest BCUT2D eigenvalue weighted by atomic mass is 32.2. The van der Waals surface area contributed by atoms with E-state index in [1.165, 1.54) is 13.2 Å². The number of nitrogens with one attached hydrogen (secondary N) is 1. The van der Waals surface area contributed by atoms with E-state index < -0.39 is 10.0 Å². The van der Waals surface area contributed by atoms with Gasteiger partial charge in [0.1, 0.15) is 11.5 Å². The molecule has 6 nitrogen and oxygen atoms in total. The minimum atomic E-state index is -3.39. The number of hydrogen-bond acceptors (Lipinski definition) is 5. The Morgan fingerprint density at radius 2 is 2.17 bits per heavy atom. The van der Waals surface area contributed by atoms with Crippen molar-refractivity contribution in [3.8, 4) is 11.5 Å². The van der Waals surface area contributed by atoms with Crippen molar-refractivity contribution in [2.24, 2.45) is 5.14 Å². The Morgan fingerprint density at radius 3 is 2.72 bits per heavy atom. The van der Waals surface area contributed by atoms with E-state index in [4.69, 9.17) is 9.88 Å². The lowest BCUT2D eigenvalue weighted by Gasteiger charge is -2.08. The predicted octanol–water partition coefficient (Wildman–Crippen LogP) is 0.169. The quantitative estimate of drug-likeness (QED) is 0.615. The number of rotatable bonds is 7. The highest BCUT2D eigenvalue weighted by molar-refractivity contribution is 7.89. The summed E-state index contributed by atoms with van der Waals surface area (Å²) < 4.78 is 26.3. The third-order valence-corrected chi connectivity index (χ3v) is 3.25. The summed E-state index contributed by atoms with van der Waals surface area (Å²) in [6.07, 6.45) is 0.440. The van der Waals surface area contributed by atoms with Gasteiger partial charge in [-0.15, -0.1) is 0 Å². The number of phenolic OH excluding ortho intramolecular Hbond substituents is 1. The van der Waals surface area contributed by atoms with Gasteiger partial charge in [0.25, 0.3) is 0 Å². The number of hydrogen-bond donors (Lipinski definition) is 3. The molecule has 7 heteroatoms. The van der Waals surface area contributed by atoms with Crippen LogP contribution in [0.1, 0.15) is 12.0 Å². The summed E-state index contributed by atoms with van der Waals surface area (Å²) in [7, 11) is -1.86. The molecule has 0 radical (unpaired) electrons. The molecule has 0 aliphatic rings. The van der Waals surface area contributed by atoms with Crippen molar-refractivity contribution < 1.29 is 18.3 Å². The number of nitrogens with two attached hydrogens (primary N) is 1. The number of aromatic hydroxyl groups is 1. The molecule has 0 saturated carbocycles. The summed E-state index contributed by atoms with van der Waals surface area (Å²) in [6, 6.07) is 5.03. The minimum Gasteiger partial charge on any atom is -0.507 e. The van der Waals surface area contributed by atoms with E-state index in [9.17, 15) is 13.5 Å². The summed E-state index contributed by atoms with van der Waals surface area (Å²) in [5, 5.41) is 17.6. The lowest BCUT2D eigenvalue weighted by atomic mass is 10.2. The summed E-state index contributed by atoms with van der Waals surface area (Å²) in [5.41, 5.74) is 0.728. The van der Waals surface area contributed by atoms with Gasteiger partial charge < -0.3 is 15.2 Å². The first kappa shape index (κ1) is 14.7. The van der Waals surface area contributed by atoms with Gasteiger partial charge in [-0.05, 0) is 19.0 Å². The van der Waals surface area contributed by atoms with Gasteiger partial charge in [0, 0.05) is 18.2 Å². The standard InChI is InChI=1S/C11H18N2O4S/c1-17-10-4-3-9(11(14)7-10)8-13-5-2-6-18(12,15)16/h3-4,7,13-14H,2,5-6,8H2,1H3,(H2,12,15,16). The zero-order chi connectivity index (χ0) is 13.6. The van der Waals surface area contributed by atoms with Crippen LogP contribution < -0.4 is 15.2 Å². The molecule has 0 heterocycles. The first-order valence-electron chi connectivity index (χ1n) is 5.49. The fourth-order valence-corrected chi connectivity index (χ4v) is 1.99. The fraction of sp³-hybridized carbons (Fsp3) is 0.455. The molecular weight excluding hydrogens is 256 g/mol. The summed E-state index contributed by atoms with van der Waals surface area (Å²) in [4.78, 5) is 0. The zero-order valence-electron chi connectivity index (χ0n) is 10.2. The molecule has 0 atom stereocenters. The maximum absolute atomic E-state index is 10.7. The van der Waals surface area contributed by atoms with Crippen LogP contribution in [-0.2, 0) is 16.6 Å². The van der Waals surface area contributed by atoms with E-state index in [2.05, 4.69) is 5.32 Å². The second-order valence-corrected chi connectivity index (χ2v) is 5.63. The van der Waals surface area contributed by atoms with Crippen molar-refractivity contribution in [1.29, 1.82) is 0 Å². The molecule has 18 heavy (non-hydrogen) atoms. The molecule has 0 spiro atoms. The van der Waals surface area contributed by atoms with Gasteiger partial charge in [-0.25, -0.2) is 13.6 Å². The average Bonchev–Trinajstić information content (AvgIpc) is 2.29. The fourth-order valence-electron chi connectivity index (χ4n) is 1.44. The van der Waals surface area contributed by atoms with Gasteiger partial charge in [0.15, 0.2) is 0 Å². The van der Waals surface area contributed by atoms with E-state index in [1.54, 1.807) is 12.1 Å². The highest BCUT2D eigenvalue weighted by Crippen LogP contribution is 2.22. The van der Waals surface area contributed by atoms with Gasteiger partial charge in [-0.3, -0.25) is 0 Å². The van der Waals surface area contributed by atoms with E-state index in [-0.39, 0.29) is 11.5 Å². The number of methoxy groups -OCH3 is 1. The molecule has 4 N–H and O–H groups in total. The SMILES string of the molecule is COc1ccc(CNCCCS(N)(=O)=O)c(O)c1. The monoisotopic (exact) mass is 274 g/mol. The van der Waals surface area contributed by atoms with Crippen molar-refractivity contribution in [2.45, 2.75) is 13.0 Å². The smallest absolute Gasteiger partial charge is 0.209 e. The van der Waals surface area contributed by atoms with Crippen molar-refractivity contribution in [3.63, 3.8) is 0 Å². The summed E-state index contributed by atoms with van der Waals surface area (Å²) >= 11 is 0. The molecule has 1 rings (SSSR count). The Hall–Kier alpha value is -1.31. The normalized spacial score (nSPS) is 11.4. The van der Waals surface area contributed by atoms with Gasteiger partial charge in [-0.2, -0.15) is 0 Å².